The van der Waals surface area contributed by atoms with Crippen LogP contribution in [0.1, 0.15) is 22.3 Å². The van der Waals surface area contributed by atoms with Crippen molar-refractivity contribution in [3.05, 3.63) is 34.6 Å². The van der Waals surface area contributed by atoms with Crippen molar-refractivity contribution in [1.82, 2.24) is 0 Å². The topological polar surface area (TPSA) is 64.7 Å². The summed E-state index contributed by atoms with van der Waals surface area (Å²) in [7, 11) is 0. The van der Waals surface area contributed by atoms with E-state index in [1.54, 1.807) is 0 Å². The summed E-state index contributed by atoms with van der Waals surface area (Å²) in [5.41, 5.74) is -1.96. The van der Waals surface area contributed by atoms with E-state index in [9.17, 15) is 18.0 Å². The van der Waals surface area contributed by atoms with Gasteiger partial charge in [-0.05, 0) is 6.07 Å². The summed E-state index contributed by atoms with van der Waals surface area (Å²) in [5, 5.41) is 16.5. The van der Waals surface area contributed by atoms with Crippen LogP contribution < -0.4 is 0 Å². The van der Waals surface area contributed by atoms with Crippen LogP contribution in [-0.2, 0) is 0 Å². The molecule has 0 aliphatic carbocycles. The van der Waals surface area contributed by atoms with Gasteiger partial charge in [-0.2, -0.15) is 10.5 Å². The summed E-state index contributed by atoms with van der Waals surface area (Å²) in [6.07, 6.45) is -0.693. The average Bonchev–Trinajstić information content (AvgIpc) is 2.24. The predicted molar refractivity (Wildman–Crippen MR) is 45.6 cm³/mol. The molecular weight excluding hydrogens is 221 g/mol. The third kappa shape index (κ3) is 1.86. The standard InChI is InChI=1S/C10H3F3N2O/c11-7-3-5(8(16)1-2-14)9(12)10(13)6(7)4-15/h3H,1H2. The van der Waals surface area contributed by atoms with Gasteiger partial charge in [0.05, 0.1) is 18.1 Å². The van der Waals surface area contributed by atoms with Crippen molar-refractivity contribution in [2.45, 2.75) is 6.42 Å². The van der Waals surface area contributed by atoms with E-state index in [-0.39, 0.29) is 0 Å². The normalized spacial score (nSPS) is 9.31. The van der Waals surface area contributed by atoms with E-state index < -0.39 is 40.8 Å². The lowest BCUT2D eigenvalue weighted by Crippen LogP contribution is -2.07. The van der Waals surface area contributed by atoms with Crippen molar-refractivity contribution in [2.75, 3.05) is 0 Å². The lowest BCUT2D eigenvalue weighted by atomic mass is 10.0. The minimum atomic E-state index is -1.72. The van der Waals surface area contributed by atoms with Crippen molar-refractivity contribution in [2.24, 2.45) is 0 Å². The number of Topliss-reactive ketones (excluding diaryl/α,β-unsaturated/α-hetero) is 1. The van der Waals surface area contributed by atoms with Gasteiger partial charge in [-0.1, -0.05) is 0 Å². The van der Waals surface area contributed by atoms with E-state index in [4.69, 9.17) is 10.5 Å². The number of halogens is 3. The first-order valence-corrected chi connectivity index (χ1v) is 4.00. The molecule has 0 unspecified atom stereocenters. The molecule has 0 atom stereocenters. The third-order valence-electron chi connectivity index (χ3n) is 1.81. The van der Waals surface area contributed by atoms with E-state index in [0.29, 0.717) is 6.07 Å². The molecule has 3 nitrogen and oxygen atoms in total. The summed E-state index contributed by atoms with van der Waals surface area (Å²) < 4.78 is 39.3. The number of rotatable bonds is 2. The lowest BCUT2D eigenvalue weighted by molar-refractivity contribution is 0.0992. The Morgan fingerprint density at radius 3 is 2.38 bits per heavy atom. The predicted octanol–water partition coefficient (Wildman–Crippen LogP) is 2.07. The van der Waals surface area contributed by atoms with Crippen molar-refractivity contribution in [1.29, 1.82) is 10.5 Å². The Kier molecular flexibility index (Phi) is 3.27. The first kappa shape index (κ1) is 11.7. The molecule has 0 aliphatic heterocycles. The van der Waals surface area contributed by atoms with Crippen LogP contribution in [0.5, 0.6) is 0 Å². The Balaban J connectivity index is 3.42. The van der Waals surface area contributed by atoms with E-state index >= 15 is 0 Å². The van der Waals surface area contributed by atoms with Gasteiger partial charge in [-0.15, -0.1) is 0 Å². The minimum absolute atomic E-state index is 0.413. The van der Waals surface area contributed by atoms with Gasteiger partial charge in [0.15, 0.2) is 17.4 Å². The quantitative estimate of drug-likeness (QED) is 0.570. The van der Waals surface area contributed by atoms with Crippen LogP contribution in [0, 0.1) is 40.1 Å². The molecule has 6 heteroatoms. The van der Waals surface area contributed by atoms with Crippen molar-refractivity contribution >= 4 is 5.78 Å². The molecular formula is C10H3F3N2O. The van der Waals surface area contributed by atoms with Gasteiger partial charge in [0, 0.05) is 0 Å². The van der Waals surface area contributed by atoms with E-state index in [2.05, 4.69) is 0 Å². The van der Waals surface area contributed by atoms with E-state index in [1.807, 2.05) is 0 Å². The molecule has 0 fully saturated rings. The minimum Gasteiger partial charge on any atom is -0.293 e. The monoisotopic (exact) mass is 224 g/mol. The van der Waals surface area contributed by atoms with Gasteiger partial charge in [0.1, 0.15) is 17.4 Å². The molecule has 1 rings (SSSR count). The van der Waals surface area contributed by atoms with Crippen molar-refractivity contribution < 1.29 is 18.0 Å². The Hall–Kier alpha value is -2.34. The highest BCUT2D eigenvalue weighted by Gasteiger charge is 2.22. The first-order valence-electron chi connectivity index (χ1n) is 4.00. The van der Waals surface area contributed by atoms with Crippen LogP contribution in [0.15, 0.2) is 6.07 Å². The molecule has 0 aliphatic rings. The molecule has 0 spiro atoms. The summed E-state index contributed by atoms with van der Waals surface area (Å²) in [6, 6.07) is 2.98. The molecule has 0 saturated heterocycles. The Morgan fingerprint density at radius 2 is 1.88 bits per heavy atom. The van der Waals surface area contributed by atoms with Gasteiger partial charge in [0.2, 0.25) is 0 Å². The number of nitriles is 2. The highest BCUT2D eigenvalue weighted by atomic mass is 19.2. The van der Waals surface area contributed by atoms with Gasteiger partial charge in [-0.3, -0.25) is 4.79 Å². The van der Waals surface area contributed by atoms with Gasteiger partial charge < -0.3 is 0 Å². The van der Waals surface area contributed by atoms with Crippen molar-refractivity contribution in [3.63, 3.8) is 0 Å². The zero-order valence-corrected chi connectivity index (χ0v) is 7.72. The molecule has 80 valence electrons. The SMILES string of the molecule is N#CCC(=O)c1cc(F)c(C#N)c(F)c1F. The van der Waals surface area contributed by atoms with Crippen LogP contribution in [-0.4, -0.2) is 5.78 Å². The summed E-state index contributed by atoms with van der Waals surface area (Å²) in [5.74, 6) is -5.70. The first-order chi connectivity index (χ1) is 7.52. The van der Waals surface area contributed by atoms with E-state index in [0.717, 1.165) is 6.07 Å². The maximum Gasteiger partial charge on any atom is 0.180 e. The number of benzene rings is 1. The van der Waals surface area contributed by atoms with Gasteiger partial charge >= 0.3 is 0 Å². The molecule has 0 bridgehead atoms. The summed E-state index contributed by atoms with van der Waals surface area (Å²) >= 11 is 0. The fraction of sp³-hybridized carbons (Fsp3) is 0.100. The zero-order valence-electron chi connectivity index (χ0n) is 7.72. The Morgan fingerprint density at radius 1 is 1.25 bits per heavy atom. The van der Waals surface area contributed by atoms with Crippen LogP contribution >= 0.6 is 0 Å². The second-order valence-electron chi connectivity index (χ2n) is 2.78. The zero-order chi connectivity index (χ0) is 12.3. The Labute approximate surface area is 88.3 Å². The highest BCUT2D eigenvalue weighted by molar-refractivity contribution is 5.97. The van der Waals surface area contributed by atoms with E-state index in [1.165, 1.54) is 6.07 Å². The molecule has 0 amide bonds. The molecule has 0 N–H and O–H groups in total. The van der Waals surface area contributed by atoms with Crippen LogP contribution in [0.3, 0.4) is 0 Å². The van der Waals surface area contributed by atoms with Crippen LogP contribution in [0.2, 0.25) is 0 Å². The van der Waals surface area contributed by atoms with Crippen LogP contribution in [0.4, 0.5) is 13.2 Å². The maximum atomic E-state index is 13.2. The Bertz CT molecular complexity index is 540. The maximum absolute atomic E-state index is 13.2. The molecule has 0 aromatic heterocycles. The van der Waals surface area contributed by atoms with Gasteiger partial charge in [-0.25, -0.2) is 13.2 Å². The molecule has 0 saturated carbocycles. The van der Waals surface area contributed by atoms with Crippen LogP contribution in [0.25, 0.3) is 0 Å². The third-order valence-corrected chi connectivity index (χ3v) is 1.81. The lowest BCUT2D eigenvalue weighted by Gasteiger charge is -2.03. The molecule has 16 heavy (non-hydrogen) atoms. The fourth-order valence-corrected chi connectivity index (χ4v) is 1.07. The highest BCUT2D eigenvalue weighted by Crippen LogP contribution is 2.20. The second-order valence-corrected chi connectivity index (χ2v) is 2.78. The summed E-state index contributed by atoms with van der Waals surface area (Å²) in [6.45, 7) is 0. The number of ketones is 1. The van der Waals surface area contributed by atoms with Crippen molar-refractivity contribution in [3.8, 4) is 12.1 Å². The average molecular weight is 224 g/mol. The molecule has 1 aromatic carbocycles. The summed E-state index contributed by atoms with van der Waals surface area (Å²) in [4.78, 5) is 11.1. The van der Waals surface area contributed by atoms with Gasteiger partial charge in [0.25, 0.3) is 0 Å². The smallest absolute Gasteiger partial charge is 0.180 e. The number of hydrogen-bond donors (Lipinski definition) is 0. The molecule has 1 aromatic rings. The largest absolute Gasteiger partial charge is 0.293 e. The number of carbonyl (C=O) groups is 1. The number of hydrogen-bond acceptors (Lipinski definition) is 3. The second kappa shape index (κ2) is 4.45. The molecule has 0 radical (unpaired) electrons. The molecule has 0 heterocycles. The number of carbonyl (C=O) groups excluding carboxylic acids is 1. The number of nitrogens with zero attached hydrogens (tertiary/aromatic N) is 2. The fourth-order valence-electron chi connectivity index (χ4n) is 1.07.